The van der Waals surface area contributed by atoms with Crippen molar-refractivity contribution in [2.45, 2.75) is 0 Å². The third kappa shape index (κ3) is 2.53. The lowest BCUT2D eigenvalue weighted by atomic mass is 10.1. The summed E-state index contributed by atoms with van der Waals surface area (Å²) in [5, 5.41) is 0.356. The second-order valence-electron chi connectivity index (χ2n) is 6.77. The number of likely N-dealkylation sites (N-methyl/N-ethyl adjacent to an activating group) is 1. The Hall–Kier alpha value is -3.67. The molecule has 2 aromatic carbocycles. The fourth-order valence-electron chi connectivity index (χ4n) is 3.57. The molecule has 6 heteroatoms. The van der Waals surface area contributed by atoms with Gasteiger partial charge >= 0.3 is 0 Å². The zero-order valence-corrected chi connectivity index (χ0v) is 15.8. The molecule has 1 aliphatic rings. The molecule has 2 heterocycles. The van der Waals surface area contributed by atoms with E-state index in [1.807, 2.05) is 48.5 Å². The minimum atomic E-state index is -0.391. The summed E-state index contributed by atoms with van der Waals surface area (Å²) in [4.78, 5) is 40.6. The van der Waals surface area contributed by atoms with Crippen LogP contribution in [0.1, 0.15) is 11.1 Å². The van der Waals surface area contributed by atoms with Crippen LogP contribution in [-0.4, -0.2) is 22.1 Å². The molecule has 0 atom stereocenters. The number of anilines is 1. The number of fused-ring (bicyclic) bond motifs is 1. The van der Waals surface area contributed by atoms with Gasteiger partial charge in [-0.2, -0.15) is 0 Å². The first-order valence-corrected chi connectivity index (χ1v) is 8.86. The number of benzene rings is 2. The van der Waals surface area contributed by atoms with E-state index in [9.17, 15) is 14.4 Å². The number of carbonyl (C=O) groups is 1. The molecule has 3 aromatic rings. The normalized spacial score (nSPS) is 15.9. The Kier molecular flexibility index (Phi) is 4.11. The molecule has 0 saturated carbocycles. The van der Waals surface area contributed by atoms with E-state index in [2.05, 4.69) is 0 Å². The zero-order valence-electron chi connectivity index (χ0n) is 15.8. The van der Waals surface area contributed by atoms with Crippen LogP contribution in [0.25, 0.3) is 11.6 Å². The average molecular weight is 373 g/mol. The Bertz CT molecular complexity index is 1350. The van der Waals surface area contributed by atoms with Crippen LogP contribution in [0.5, 0.6) is 0 Å². The van der Waals surface area contributed by atoms with Gasteiger partial charge in [0.15, 0.2) is 0 Å². The number of rotatable bonds is 1. The predicted octanol–water partition coefficient (Wildman–Crippen LogP) is 0.0882. The highest BCUT2D eigenvalue weighted by atomic mass is 16.2. The second kappa shape index (κ2) is 6.49. The third-order valence-electron chi connectivity index (χ3n) is 5.12. The van der Waals surface area contributed by atoms with E-state index in [-0.39, 0.29) is 27.7 Å². The highest BCUT2D eigenvalue weighted by Gasteiger charge is 2.31. The minimum Gasteiger partial charge on any atom is -0.311 e. The van der Waals surface area contributed by atoms with Gasteiger partial charge in [-0.05, 0) is 17.7 Å². The highest BCUT2D eigenvalue weighted by molar-refractivity contribution is 6.31. The molecule has 0 N–H and O–H groups in total. The van der Waals surface area contributed by atoms with E-state index in [1.165, 1.54) is 21.1 Å². The highest BCUT2D eigenvalue weighted by Crippen LogP contribution is 2.33. The summed E-state index contributed by atoms with van der Waals surface area (Å²) in [6, 6.07) is 16.6. The molecule has 0 bridgehead atoms. The van der Waals surface area contributed by atoms with E-state index in [1.54, 1.807) is 26.2 Å². The first-order chi connectivity index (χ1) is 13.4. The maximum absolute atomic E-state index is 13.2. The van der Waals surface area contributed by atoms with Gasteiger partial charge in [-0.3, -0.25) is 14.4 Å². The van der Waals surface area contributed by atoms with Gasteiger partial charge < -0.3 is 14.0 Å². The number of carbonyl (C=O) groups excluding carboxylic acids is 1. The average Bonchev–Trinajstić information content (AvgIpc) is 2.96. The third-order valence-corrected chi connectivity index (χ3v) is 5.12. The monoisotopic (exact) mass is 373 g/mol. The second-order valence-corrected chi connectivity index (χ2v) is 6.77. The van der Waals surface area contributed by atoms with Crippen molar-refractivity contribution in [1.82, 2.24) is 9.13 Å². The van der Waals surface area contributed by atoms with Crippen LogP contribution in [0.15, 0.2) is 64.2 Å². The molecular weight excluding hydrogens is 354 g/mol. The van der Waals surface area contributed by atoms with E-state index in [0.29, 0.717) is 5.56 Å². The maximum Gasteiger partial charge on any atom is 0.275 e. The molecule has 4 rings (SSSR count). The van der Waals surface area contributed by atoms with Gasteiger partial charge in [-0.25, -0.2) is 0 Å². The van der Waals surface area contributed by atoms with Gasteiger partial charge in [0.05, 0.1) is 11.3 Å². The number of para-hydroxylation sites is 1. The summed E-state index contributed by atoms with van der Waals surface area (Å²) in [6.07, 6.45) is 1.68. The van der Waals surface area contributed by atoms with Gasteiger partial charge in [0.25, 0.3) is 17.0 Å². The molecule has 0 aliphatic carbocycles. The van der Waals surface area contributed by atoms with E-state index >= 15 is 0 Å². The first-order valence-electron chi connectivity index (χ1n) is 8.86. The lowest BCUT2D eigenvalue weighted by Crippen LogP contribution is -2.57. The Morgan fingerprint density at radius 1 is 0.750 bits per heavy atom. The number of nitrogens with zero attached hydrogens (tertiary/aromatic N) is 3. The van der Waals surface area contributed by atoms with Crippen LogP contribution >= 0.6 is 0 Å². The molecule has 6 nitrogen and oxygen atoms in total. The Labute approximate surface area is 160 Å². The van der Waals surface area contributed by atoms with Crippen molar-refractivity contribution in [3.63, 3.8) is 0 Å². The standard InChI is InChI=1S/C22H19N3O3/c1-23-16-12-8-7-11-15(16)18(21(23)27)19-22(28)24(2)17(20(26)25(19)3)13-14-9-5-4-6-10-14/h4-13H,1-3H3/b17-13-,19-18?. The van der Waals surface area contributed by atoms with Crippen molar-refractivity contribution >= 4 is 23.2 Å². The van der Waals surface area contributed by atoms with Gasteiger partial charge in [0.2, 0.25) is 0 Å². The molecule has 1 amide bonds. The fourth-order valence-corrected chi connectivity index (χ4v) is 3.57. The summed E-state index contributed by atoms with van der Waals surface area (Å²) in [7, 11) is 4.74. The van der Waals surface area contributed by atoms with E-state index < -0.39 is 5.56 Å². The predicted molar refractivity (Wildman–Crippen MR) is 109 cm³/mol. The molecule has 0 unspecified atom stereocenters. The molecule has 0 radical (unpaired) electrons. The minimum absolute atomic E-state index is 0.0968. The van der Waals surface area contributed by atoms with Crippen LogP contribution in [0, 0.1) is 0 Å². The van der Waals surface area contributed by atoms with Crippen molar-refractivity contribution in [3.05, 3.63) is 97.1 Å². The van der Waals surface area contributed by atoms with Crippen molar-refractivity contribution in [1.29, 1.82) is 0 Å². The van der Waals surface area contributed by atoms with Gasteiger partial charge in [-0.15, -0.1) is 0 Å². The summed E-state index contributed by atoms with van der Waals surface area (Å²) >= 11 is 0. The zero-order chi connectivity index (χ0) is 20.0. The molecule has 0 spiro atoms. The molecular formula is C22H19N3O3. The summed E-state index contributed by atoms with van der Waals surface area (Å²) < 4.78 is 2.59. The Balaban J connectivity index is 2.15. The van der Waals surface area contributed by atoms with Crippen LogP contribution < -0.4 is 26.7 Å². The fraction of sp³-hybridized carbons (Fsp3) is 0.136. The number of amides is 1. The Morgan fingerprint density at radius 3 is 2.11 bits per heavy atom. The Morgan fingerprint density at radius 2 is 1.39 bits per heavy atom. The van der Waals surface area contributed by atoms with Crippen LogP contribution in [-0.2, 0) is 18.9 Å². The smallest absolute Gasteiger partial charge is 0.275 e. The van der Waals surface area contributed by atoms with Crippen molar-refractivity contribution in [2.75, 3.05) is 11.9 Å². The topological polar surface area (TPSA) is 64.3 Å². The van der Waals surface area contributed by atoms with Crippen molar-refractivity contribution in [2.24, 2.45) is 14.1 Å². The van der Waals surface area contributed by atoms with Crippen LogP contribution in [0.2, 0.25) is 0 Å². The van der Waals surface area contributed by atoms with Gasteiger partial charge in [-0.1, -0.05) is 48.5 Å². The van der Waals surface area contributed by atoms with Crippen LogP contribution in [0.4, 0.5) is 5.69 Å². The quantitative estimate of drug-likeness (QED) is 0.607. The van der Waals surface area contributed by atoms with E-state index in [4.69, 9.17) is 0 Å². The van der Waals surface area contributed by atoms with Gasteiger partial charge in [0, 0.05) is 26.7 Å². The van der Waals surface area contributed by atoms with Crippen molar-refractivity contribution < 1.29 is 4.79 Å². The summed E-state index contributed by atoms with van der Waals surface area (Å²) in [5.41, 5.74) is 1.71. The first kappa shape index (κ1) is 17.7. The molecule has 140 valence electrons. The number of aromatic nitrogens is 2. The van der Waals surface area contributed by atoms with Crippen LogP contribution in [0.3, 0.4) is 0 Å². The molecule has 0 saturated heterocycles. The number of hydrogen-bond acceptors (Lipinski definition) is 3. The summed E-state index contributed by atoms with van der Waals surface area (Å²) in [6.45, 7) is 0. The molecule has 0 fully saturated rings. The largest absolute Gasteiger partial charge is 0.311 e. The maximum atomic E-state index is 13.2. The van der Waals surface area contributed by atoms with Crippen molar-refractivity contribution in [3.8, 4) is 0 Å². The molecule has 28 heavy (non-hydrogen) atoms. The summed E-state index contributed by atoms with van der Waals surface area (Å²) in [5.74, 6) is -0.298. The number of hydrogen-bond donors (Lipinski definition) is 0. The lowest BCUT2D eigenvalue weighted by molar-refractivity contribution is -0.112. The molecule has 1 aromatic heterocycles. The molecule has 1 aliphatic heterocycles. The van der Waals surface area contributed by atoms with E-state index in [0.717, 1.165) is 11.3 Å². The SMILES string of the molecule is CN1C(=O)C(=c2c(=O)n(C)/c(=C\c3ccccc3)c(=O)n2C)c2ccccc21. The van der Waals surface area contributed by atoms with Gasteiger partial charge in [0.1, 0.15) is 10.7 Å². The lowest BCUT2D eigenvalue weighted by Gasteiger charge is -2.09.